The average Bonchev–Trinajstić information content (AvgIpc) is 3.41. The number of halogens is 1. The van der Waals surface area contributed by atoms with Crippen LogP contribution in [0.15, 0.2) is 30.7 Å². The summed E-state index contributed by atoms with van der Waals surface area (Å²) < 4.78 is 17.0. The maximum Gasteiger partial charge on any atom is 0.273 e. The summed E-state index contributed by atoms with van der Waals surface area (Å²) in [5.74, 6) is -0.758. The van der Waals surface area contributed by atoms with Gasteiger partial charge in [-0.15, -0.1) is 10.2 Å². The number of alkyl halides is 1. The first kappa shape index (κ1) is 21.0. The van der Waals surface area contributed by atoms with E-state index in [1.165, 1.54) is 28.8 Å². The van der Waals surface area contributed by atoms with Crippen molar-refractivity contribution in [3.05, 3.63) is 53.4 Å². The molecule has 0 aromatic carbocycles. The van der Waals surface area contributed by atoms with Gasteiger partial charge in [0.05, 0.1) is 18.9 Å². The van der Waals surface area contributed by atoms with E-state index in [9.17, 15) is 14.0 Å². The maximum atomic E-state index is 14.3. The van der Waals surface area contributed by atoms with Crippen molar-refractivity contribution < 1.29 is 14.0 Å². The molecule has 3 heterocycles. The molecule has 0 aliphatic heterocycles. The number of nitrogens with one attached hydrogen (secondary N) is 2. The molecule has 3 rings (SSSR count). The predicted octanol–water partition coefficient (Wildman–Crippen LogP) is 0.291. The van der Waals surface area contributed by atoms with Crippen LogP contribution in [0.5, 0.6) is 0 Å². The van der Waals surface area contributed by atoms with Crippen molar-refractivity contribution in [1.82, 2.24) is 45.6 Å². The minimum absolute atomic E-state index is 0.0564. The first-order valence-corrected chi connectivity index (χ1v) is 9.30. The van der Waals surface area contributed by atoms with E-state index in [4.69, 9.17) is 0 Å². The summed E-state index contributed by atoms with van der Waals surface area (Å²) in [5, 5.41) is 20.3. The molecule has 3 aromatic rings. The van der Waals surface area contributed by atoms with Gasteiger partial charge in [0, 0.05) is 38.4 Å². The lowest BCUT2D eigenvalue weighted by Crippen LogP contribution is -2.23. The van der Waals surface area contributed by atoms with E-state index < -0.39 is 12.1 Å². The second-order valence-electron chi connectivity index (χ2n) is 6.65. The van der Waals surface area contributed by atoms with Crippen molar-refractivity contribution in [2.45, 2.75) is 39.2 Å². The number of aryl methyl sites for hydroxylation is 2. The molecule has 0 fully saturated rings. The van der Waals surface area contributed by atoms with Crippen molar-refractivity contribution >= 4 is 11.8 Å². The van der Waals surface area contributed by atoms with E-state index in [0.717, 1.165) is 11.3 Å². The summed E-state index contributed by atoms with van der Waals surface area (Å²) in [7, 11) is 1.49. The largest absolute Gasteiger partial charge is 0.354 e. The summed E-state index contributed by atoms with van der Waals surface area (Å²) >= 11 is 0. The molecular formula is C18H22FN9O2. The Morgan fingerprint density at radius 2 is 1.80 bits per heavy atom. The predicted molar refractivity (Wildman–Crippen MR) is 103 cm³/mol. The quantitative estimate of drug-likeness (QED) is 0.513. The van der Waals surface area contributed by atoms with Crippen LogP contribution >= 0.6 is 0 Å². The molecule has 30 heavy (non-hydrogen) atoms. The number of pyridine rings is 1. The van der Waals surface area contributed by atoms with Crippen LogP contribution in [0.3, 0.4) is 0 Å². The third-order valence-corrected chi connectivity index (χ3v) is 4.25. The fraction of sp³-hybridized carbons (Fsp3) is 0.389. The number of nitrogens with zero attached hydrogens (tertiary/aromatic N) is 7. The zero-order valence-corrected chi connectivity index (χ0v) is 16.6. The van der Waals surface area contributed by atoms with Gasteiger partial charge in [0.25, 0.3) is 11.8 Å². The molecule has 2 amide bonds. The van der Waals surface area contributed by atoms with Gasteiger partial charge in [-0.05, 0) is 18.6 Å². The Kier molecular flexibility index (Phi) is 6.78. The highest BCUT2D eigenvalue weighted by Crippen LogP contribution is 2.06. The lowest BCUT2D eigenvalue weighted by atomic mass is 10.2. The van der Waals surface area contributed by atoms with E-state index in [0.29, 0.717) is 6.54 Å². The summed E-state index contributed by atoms with van der Waals surface area (Å²) in [6, 6.07) is 3.73. The van der Waals surface area contributed by atoms with Crippen molar-refractivity contribution in [1.29, 1.82) is 0 Å². The molecule has 12 heteroatoms. The molecule has 0 radical (unpaired) electrons. The molecule has 11 nitrogen and oxygen atoms in total. The van der Waals surface area contributed by atoms with E-state index >= 15 is 0 Å². The maximum absolute atomic E-state index is 14.3. The Labute approximate surface area is 171 Å². The molecule has 1 atom stereocenters. The van der Waals surface area contributed by atoms with Crippen molar-refractivity contribution in [3.8, 4) is 0 Å². The fourth-order valence-electron chi connectivity index (χ4n) is 2.57. The van der Waals surface area contributed by atoms with Gasteiger partial charge < -0.3 is 10.6 Å². The van der Waals surface area contributed by atoms with Gasteiger partial charge in [0.2, 0.25) is 0 Å². The third kappa shape index (κ3) is 5.65. The average molecular weight is 415 g/mol. The topological polar surface area (TPSA) is 133 Å². The van der Waals surface area contributed by atoms with Crippen LogP contribution in [0.2, 0.25) is 0 Å². The van der Waals surface area contributed by atoms with Crippen LogP contribution in [0, 0.1) is 6.92 Å². The summed E-state index contributed by atoms with van der Waals surface area (Å²) in [4.78, 5) is 27.8. The second kappa shape index (κ2) is 9.67. The number of hydrogen-bond donors (Lipinski definition) is 2. The van der Waals surface area contributed by atoms with E-state index in [-0.39, 0.29) is 36.8 Å². The first-order valence-electron chi connectivity index (χ1n) is 9.30. The van der Waals surface area contributed by atoms with E-state index in [1.807, 2.05) is 19.1 Å². The van der Waals surface area contributed by atoms with Crippen LogP contribution in [0.25, 0.3) is 0 Å². The van der Waals surface area contributed by atoms with Gasteiger partial charge in [0.15, 0.2) is 11.4 Å². The van der Waals surface area contributed by atoms with E-state index in [2.05, 4.69) is 36.2 Å². The lowest BCUT2D eigenvalue weighted by Gasteiger charge is -2.07. The van der Waals surface area contributed by atoms with E-state index in [1.54, 1.807) is 6.20 Å². The monoisotopic (exact) mass is 415 g/mol. The summed E-state index contributed by atoms with van der Waals surface area (Å²) in [6.45, 7) is 2.38. The van der Waals surface area contributed by atoms with Gasteiger partial charge in [-0.1, -0.05) is 16.5 Å². The van der Waals surface area contributed by atoms with Gasteiger partial charge in [-0.25, -0.2) is 9.07 Å². The normalized spacial score (nSPS) is 11.8. The number of hydrogen-bond acceptors (Lipinski definition) is 7. The van der Waals surface area contributed by atoms with Gasteiger partial charge in [0.1, 0.15) is 6.17 Å². The molecule has 1 unspecified atom stereocenters. The number of rotatable bonds is 9. The standard InChI is InChI=1S/C18H22FN9O2/c1-12-3-4-13(7-21-12)8-22-18(30)16-11-28(26-24-16)9-14(19)5-6-27-10-15(23-25-27)17(29)20-2/h3-4,7,10-11,14H,5-6,8-9H2,1-2H3,(H,20,29)(H,22,30). The second-order valence-corrected chi connectivity index (χ2v) is 6.65. The molecule has 2 N–H and O–H groups in total. The molecule has 0 bridgehead atoms. The third-order valence-electron chi connectivity index (χ3n) is 4.25. The molecule has 0 aliphatic carbocycles. The SMILES string of the molecule is CNC(=O)c1cn(CCC(F)Cn2cc(C(=O)NCc3ccc(C)nc3)nn2)nn1. The highest BCUT2D eigenvalue weighted by atomic mass is 19.1. The Hall–Kier alpha value is -3.70. The van der Waals surface area contributed by atoms with Crippen molar-refractivity contribution in [3.63, 3.8) is 0 Å². The Morgan fingerprint density at radius 1 is 1.10 bits per heavy atom. The zero-order valence-electron chi connectivity index (χ0n) is 16.6. The van der Waals surface area contributed by atoms with Crippen LogP contribution < -0.4 is 10.6 Å². The Balaban J connectivity index is 1.45. The van der Waals surface area contributed by atoms with Crippen LogP contribution in [0.4, 0.5) is 4.39 Å². The molecule has 0 saturated heterocycles. The molecule has 0 spiro atoms. The highest BCUT2D eigenvalue weighted by molar-refractivity contribution is 5.92. The highest BCUT2D eigenvalue weighted by Gasteiger charge is 2.15. The molecule has 0 saturated carbocycles. The number of carbonyl (C=O) groups excluding carboxylic acids is 2. The fourth-order valence-corrected chi connectivity index (χ4v) is 2.57. The van der Waals surface area contributed by atoms with Gasteiger partial charge in [-0.3, -0.25) is 19.3 Å². The van der Waals surface area contributed by atoms with Crippen LogP contribution in [-0.4, -0.2) is 60.0 Å². The zero-order chi connectivity index (χ0) is 21.5. The summed E-state index contributed by atoms with van der Waals surface area (Å²) in [5.41, 5.74) is 2.03. The number of amides is 2. The number of aromatic nitrogens is 7. The Morgan fingerprint density at radius 3 is 2.50 bits per heavy atom. The first-order chi connectivity index (χ1) is 14.4. The Bertz CT molecular complexity index is 999. The van der Waals surface area contributed by atoms with Crippen LogP contribution in [-0.2, 0) is 19.6 Å². The van der Waals surface area contributed by atoms with Crippen molar-refractivity contribution in [2.75, 3.05) is 7.05 Å². The summed E-state index contributed by atoms with van der Waals surface area (Å²) in [6.07, 6.45) is 3.43. The molecular weight excluding hydrogens is 393 g/mol. The number of carbonyl (C=O) groups is 2. The minimum Gasteiger partial charge on any atom is -0.354 e. The molecule has 158 valence electrons. The van der Waals surface area contributed by atoms with Gasteiger partial charge in [-0.2, -0.15) is 0 Å². The molecule has 3 aromatic heterocycles. The lowest BCUT2D eigenvalue weighted by molar-refractivity contribution is 0.0942. The van der Waals surface area contributed by atoms with Gasteiger partial charge >= 0.3 is 0 Å². The van der Waals surface area contributed by atoms with Crippen molar-refractivity contribution in [2.24, 2.45) is 0 Å². The van der Waals surface area contributed by atoms with Crippen LogP contribution in [0.1, 0.15) is 38.7 Å². The molecule has 0 aliphatic rings. The minimum atomic E-state index is -1.24. The smallest absolute Gasteiger partial charge is 0.273 e.